The van der Waals surface area contributed by atoms with Gasteiger partial charge in [-0.2, -0.15) is 5.10 Å². The third kappa shape index (κ3) is 2.65. The Hall–Kier alpha value is -1.95. The van der Waals surface area contributed by atoms with E-state index in [2.05, 4.69) is 15.0 Å². The zero-order valence-corrected chi connectivity index (χ0v) is 11.3. The Labute approximate surface area is 117 Å². The van der Waals surface area contributed by atoms with Gasteiger partial charge < -0.3 is 10.0 Å². The Morgan fingerprint density at radius 2 is 2.10 bits per heavy atom. The van der Waals surface area contributed by atoms with Gasteiger partial charge in [-0.1, -0.05) is 6.42 Å². The van der Waals surface area contributed by atoms with E-state index in [9.17, 15) is 4.79 Å². The first kappa shape index (κ1) is 13.1. The number of carboxylic acids is 1. The number of fused-ring (bicyclic) bond motifs is 1. The molecule has 0 radical (unpaired) electrons. The maximum Gasteiger partial charge on any atom is 0.339 e. The second-order valence-corrected chi connectivity index (χ2v) is 5.18. The van der Waals surface area contributed by atoms with Crippen molar-refractivity contribution in [3.63, 3.8) is 0 Å². The number of likely N-dealkylation sites (tertiary alicyclic amines) is 1. The van der Waals surface area contributed by atoms with Crippen LogP contribution in [0.3, 0.4) is 0 Å². The Balaban J connectivity index is 1.75. The highest BCUT2D eigenvalue weighted by Crippen LogP contribution is 2.11. The van der Waals surface area contributed by atoms with E-state index in [0.29, 0.717) is 11.5 Å². The Morgan fingerprint density at radius 3 is 2.85 bits per heavy atom. The molecule has 0 aliphatic carbocycles. The second kappa shape index (κ2) is 5.58. The Kier molecular flexibility index (Phi) is 3.64. The number of piperidine rings is 1. The highest BCUT2D eigenvalue weighted by Gasteiger charge is 2.14. The van der Waals surface area contributed by atoms with Crippen LogP contribution in [-0.2, 0) is 6.42 Å². The maximum atomic E-state index is 11.1. The van der Waals surface area contributed by atoms with Crippen LogP contribution < -0.4 is 0 Å². The first-order chi connectivity index (χ1) is 9.74. The van der Waals surface area contributed by atoms with E-state index in [1.165, 1.54) is 19.3 Å². The van der Waals surface area contributed by atoms with Crippen molar-refractivity contribution in [1.29, 1.82) is 0 Å². The number of aromatic carboxylic acids is 1. The van der Waals surface area contributed by atoms with Crippen molar-refractivity contribution < 1.29 is 9.90 Å². The SMILES string of the molecule is O=C(O)c1cccn2nc(CCN3CCCCC3)nc12. The molecule has 6 heteroatoms. The van der Waals surface area contributed by atoms with E-state index in [1.807, 2.05) is 0 Å². The second-order valence-electron chi connectivity index (χ2n) is 5.18. The fourth-order valence-corrected chi connectivity index (χ4v) is 2.66. The molecule has 20 heavy (non-hydrogen) atoms. The maximum absolute atomic E-state index is 11.1. The minimum atomic E-state index is -0.967. The minimum absolute atomic E-state index is 0.198. The number of carbonyl (C=O) groups is 1. The van der Waals surface area contributed by atoms with E-state index in [-0.39, 0.29) is 5.56 Å². The topological polar surface area (TPSA) is 70.7 Å². The van der Waals surface area contributed by atoms with Crippen molar-refractivity contribution in [3.05, 3.63) is 29.7 Å². The van der Waals surface area contributed by atoms with Crippen LogP contribution in [-0.4, -0.2) is 50.2 Å². The summed E-state index contributed by atoms with van der Waals surface area (Å²) in [6.07, 6.45) is 6.36. The Morgan fingerprint density at radius 1 is 1.30 bits per heavy atom. The average Bonchev–Trinajstić information content (AvgIpc) is 2.88. The monoisotopic (exact) mass is 274 g/mol. The molecular formula is C14H18N4O2. The molecule has 2 aromatic rings. The molecule has 0 unspecified atom stereocenters. The fraction of sp³-hybridized carbons (Fsp3) is 0.500. The van der Waals surface area contributed by atoms with Gasteiger partial charge in [-0.25, -0.2) is 14.3 Å². The summed E-state index contributed by atoms with van der Waals surface area (Å²) < 4.78 is 1.55. The third-order valence-corrected chi connectivity index (χ3v) is 3.74. The zero-order chi connectivity index (χ0) is 13.9. The molecule has 0 atom stereocenters. The normalized spacial score (nSPS) is 16.6. The molecule has 2 aromatic heterocycles. The summed E-state index contributed by atoms with van der Waals surface area (Å²) in [6, 6.07) is 3.24. The van der Waals surface area contributed by atoms with Gasteiger partial charge in [0.15, 0.2) is 11.5 Å². The van der Waals surface area contributed by atoms with Gasteiger partial charge in [0, 0.05) is 19.2 Å². The molecule has 1 N–H and O–H groups in total. The molecule has 0 saturated carbocycles. The number of pyridine rings is 1. The summed E-state index contributed by atoms with van der Waals surface area (Å²) in [5, 5.41) is 13.5. The van der Waals surface area contributed by atoms with Crippen molar-refractivity contribution in [2.24, 2.45) is 0 Å². The molecule has 6 nitrogen and oxygen atoms in total. The zero-order valence-electron chi connectivity index (χ0n) is 11.3. The first-order valence-electron chi connectivity index (χ1n) is 7.04. The molecule has 3 rings (SSSR count). The van der Waals surface area contributed by atoms with Crippen LogP contribution in [0.4, 0.5) is 0 Å². The van der Waals surface area contributed by atoms with Crippen molar-refractivity contribution in [2.75, 3.05) is 19.6 Å². The summed E-state index contributed by atoms with van der Waals surface area (Å²) in [5.41, 5.74) is 0.623. The number of hydrogen-bond donors (Lipinski definition) is 1. The number of hydrogen-bond acceptors (Lipinski definition) is 4. The molecule has 0 amide bonds. The average molecular weight is 274 g/mol. The molecule has 1 aliphatic rings. The van der Waals surface area contributed by atoms with Crippen LogP contribution in [0.5, 0.6) is 0 Å². The lowest BCUT2D eigenvalue weighted by Gasteiger charge is -2.25. The molecule has 0 aromatic carbocycles. The van der Waals surface area contributed by atoms with E-state index in [4.69, 9.17) is 5.11 Å². The summed E-state index contributed by atoms with van der Waals surface area (Å²) in [7, 11) is 0. The molecule has 1 saturated heterocycles. The van der Waals surface area contributed by atoms with Gasteiger partial charge in [0.2, 0.25) is 0 Å². The van der Waals surface area contributed by atoms with Gasteiger partial charge in [-0.3, -0.25) is 0 Å². The highest BCUT2D eigenvalue weighted by molar-refractivity contribution is 5.94. The largest absolute Gasteiger partial charge is 0.478 e. The lowest BCUT2D eigenvalue weighted by molar-refractivity contribution is 0.0698. The standard InChI is InChI=1S/C14H18N4O2/c19-14(20)11-5-4-9-18-13(11)15-12(16-18)6-10-17-7-2-1-3-8-17/h4-5,9H,1-3,6-8,10H2,(H,19,20). The van der Waals surface area contributed by atoms with Gasteiger partial charge in [-0.05, 0) is 38.1 Å². The predicted octanol–water partition coefficient (Wildman–Crippen LogP) is 1.46. The number of nitrogens with zero attached hydrogens (tertiary/aromatic N) is 4. The fourth-order valence-electron chi connectivity index (χ4n) is 2.66. The number of rotatable bonds is 4. The van der Waals surface area contributed by atoms with E-state index in [1.54, 1.807) is 22.8 Å². The molecule has 1 aliphatic heterocycles. The van der Waals surface area contributed by atoms with Crippen molar-refractivity contribution >= 4 is 11.6 Å². The summed E-state index contributed by atoms with van der Waals surface area (Å²) >= 11 is 0. The number of aromatic nitrogens is 3. The molecule has 0 spiro atoms. The lowest BCUT2D eigenvalue weighted by Crippen LogP contribution is -2.31. The highest BCUT2D eigenvalue weighted by atomic mass is 16.4. The summed E-state index contributed by atoms with van der Waals surface area (Å²) in [5.74, 6) is -0.255. The van der Waals surface area contributed by atoms with Gasteiger partial charge in [-0.15, -0.1) is 0 Å². The van der Waals surface area contributed by atoms with Crippen LogP contribution in [0.15, 0.2) is 18.3 Å². The van der Waals surface area contributed by atoms with Crippen LogP contribution in [0.25, 0.3) is 5.65 Å². The van der Waals surface area contributed by atoms with Crippen molar-refractivity contribution in [1.82, 2.24) is 19.5 Å². The van der Waals surface area contributed by atoms with Gasteiger partial charge in [0.25, 0.3) is 0 Å². The summed E-state index contributed by atoms with van der Waals surface area (Å²) in [4.78, 5) is 17.9. The smallest absolute Gasteiger partial charge is 0.339 e. The molecule has 106 valence electrons. The lowest BCUT2D eigenvalue weighted by atomic mass is 10.1. The molecular weight excluding hydrogens is 256 g/mol. The Bertz CT molecular complexity index is 617. The van der Waals surface area contributed by atoms with Gasteiger partial charge >= 0.3 is 5.97 Å². The molecule has 3 heterocycles. The van der Waals surface area contributed by atoms with Crippen LogP contribution >= 0.6 is 0 Å². The van der Waals surface area contributed by atoms with E-state index >= 15 is 0 Å². The predicted molar refractivity (Wildman–Crippen MR) is 73.9 cm³/mol. The van der Waals surface area contributed by atoms with Crippen LogP contribution in [0, 0.1) is 0 Å². The molecule has 0 bridgehead atoms. The summed E-state index contributed by atoms with van der Waals surface area (Å²) in [6.45, 7) is 3.24. The van der Waals surface area contributed by atoms with Crippen LogP contribution in [0.2, 0.25) is 0 Å². The van der Waals surface area contributed by atoms with Crippen LogP contribution in [0.1, 0.15) is 35.4 Å². The van der Waals surface area contributed by atoms with Crippen molar-refractivity contribution in [2.45, 2.75) is 25.7 Å². The van der Waals surface area contributed by atoms with Crippen molar-refractivity contribution in [3.8, 4) is 0 Å². The molecule has 1 fully saturated rings. The van der Waals surface area contributed by atoms with E-state index < -0.39 is 5.97 Å². The quantitative estimate of drug-likeness (QED) is 0.914. The number of carboxylic acid groups (broad SMARTS) is 1. The third-order valence-electron chi connectivity index (χ3n) is 3.74. The van der Waals surface area contributed by atoms with Gasteiger partial charge in [0.1, 0.15) is 5.56 Å². The minimum Gasteiger partial charge on any atom is -0.478 e. The first-order valence-corrected chi connectivity index (χ1v) is 7.04. The van der Waals surface area contributed by atoms with E-state index in [0.717, 1.165) is 26.1 Å². The van der Waals surface area contributed by atoms with Gasteiger partial charge in [0.05, 0.1) is 0 Å².